The first-order chi connectivity index (χ1) is 10.6. The Labute approximate surface area is 130 Å². The largest absolute Gasteiger partial charge is 0.348 e. The van der Waals surface area contributed by atoms with Gasteiger partial charge in [0.05, 0.1) is 17.7 Å². The van der Waals surface area contributed by atoms with Gasteiger partial charge in [-0.05, 0) is 19.1 Å². The maximum absolute atomic E-state index is 12.1. The maximum Gasteiger partial charge on any atom is 0.262 e. The van der Waals surface area contributed by atoms with Crippen LogP contribution in [-0.2, 0) is 11.3 Å². The van der Waals surface area contributed by atoms with Crippen LogP contribution in [0.3, 0.4) is 0 Å². The fourth-order valence-electron chi connectivity index (χ4n) is 2.17. The van der Waals surface area contributed by atoms with E-state index in [0.29, 0.717) is 16.1 Å². The highest BCUT2D eigenvalue weighted by Gasteiger charge is 2.36. The normalized spacial score (nSPS) is 13.4. The number of imide groups is 1. The van der Waals surface area contributed by atoms with E-state index in [1.54, 1.807) is 24.3 Å². The molecule has 2 heterocycles. The van der Waals surface area contributed by atoms with Gasteiger partial charge in [-0.2, -0.15) is 0 Å². The van der Waals surface area contributed by atoms with Gasteiger partial charge in [-0.3, -0.25) is 19.3 Å². The van der Waals surface area contributed by atoms with Gasteiger partial charge in [0, 0.05) is 0 Å². The summed E-state index contributed by atoms with van der Waals surface area (Å²) in [5.41, 5.74) is 0.667. The third-order valence-electron chi connectivity index (χ3n) is 3.18. The molecule has 1 aliphatic rings. The number of nitrogens with one attached hydrogen (secondary N) is 1. The topological polar surface area (TPSA) is 92.3 Å². The molecule has 1 aliphatic heterocycles. The van der Waals surface area contributed by atoms with Gasteiger partial charge >= 0.3 is 0 Å². The first-order valence-corrected chi connectivity index (χ1v) is 7.39. The number of carbonyl (C=O) groups excluding carboxylic acids is 3. The number of benzene rings is 1. The third kappa shape index (κ3) is 2.60. The van der Waals surface area contributed by atoms with Crippen molar-refractivity contribution in [2.75, 3.05) is 6.54 Å². The quantitative estimate of drug-likeness (QED) is 0.841. The Bertz CT molecular complexity index is 736. The maximum atomic E-state index is 12.1. The van der Waals surface area contributed by atoms with Crippen LogP contribution in [0.2, 0.25) is 0 Å². The van der Waals surface area contributed by atoms with Crippen LogP contribution in [0.1, 0.15) is 30.7 Å². The second kappa shape index (κ2) is 5.64. The average Bonchev–Trinajstić information content (AvgIpc) is 3.03. The van der Waals surface area contributed by atoms with Crippen LogP contribution in [0.25, 0.3) is 0 Å². The van der Waals surface area contributed by atoms with E-state index in [2.05, 4.69) is 15.5 Å². The van der Waals surface area contributed by atoms with Crippen molar-refractivity contribution in [1.82, 2.24) is 20.4 Å². The second-order valence-corrected chi connectivity index (χ2v) is 6.00. The highest BCUT2D eigenvalue weighted by Crippen LogP contribution is 2.21. The molecule has 22 heavy (non-hydrogen) atoms. The minimum atomic E-state index is -0.442. The van der Waals surface area contributed by atoms with E-state index in [0.717, 1.165) is 9.91 Å². The number of carbonyl (C=O) groups is 3. The minimum Gasteiger partial charge on any atom is -0.348 e. The first-order valence-electron chi connectivity index (χ1n) is 6.57. The predicted molar refractivity (Wildman–Crippen MR) is 78.3 cm³/mol. The van der Waals surface area contributed by atoms with Crippen molar-refractivity contribution in [3.63, 3.8) is 0 Å². The molecule has 0 aliphatic carbocycles. The van der Waals surface area contributed by atoms with Crippen molar-refractivity contribution in [2.24, 2.45) is 0 Å². The lowest BCUT2D eigenvalue weighted by atomic mass is 10.1. The molecule has 3 rings (SSSR count). The SMILES string of the molecule is Cc1nnc(CNC(=O)CN2C(=O)c3ccccc3C2=O)s1. The Morgan fingerprint density at radius 3 is 2.36 bits per heavy atom. The van der Waals surface area contributed by atoms with E-state index < -0.39 is 17.7 Å². The number of hydrogen-bond donors (Lipinski definition) is 1. The fourth-order valence-corrected chi connectivity index (χ4v) is 2.81. The number of fused-ring (bicyclic) bond motifs is 1. The molecule has 0 saturated heterocycles. The molecule has 1 N–H and O–H groups in total. The van der Waals surface area contributed by atoms with E-state index in [1.807, 2.05) is 6.92 Å². The molecule has 0 unspecified atom stereocenters. The van der Waals surface area contributed by atoms with Gasteiger partial charge in [-0.1, -0.05) is 23.5 Å². The Kier molecular flexibility index (Phi) is 3.68. The van der Waals surface area contributed by atoms with E-state index in [-0.39, 0.29) is 13.1 Å². The predicted octanol–water partition coefficient (Wildman–Crippen LogP) is 0.759. The summed E-state index contributed by atoms with van der Waals surface area (Å²) in [6.07, 6.45) is 0. The van der Waals surface area contributed by atoms with Crippen LogP contribution in [0, 0.1) is 6.92 Å². The monoisotopic (exact) mass is 316 g/mol. The molecule has 0 fully saturated rings. The van der Waals surface area contributed by atoms with Gasteiger partial charge in [0.25, 0.3) is 11.8 Å². The molecule has 1 aromatic carbocycles. The van der Waals surface area contributed by atoms with Gasteiger partial charge in [0.1, 0.15) is 16.6 Å². The molecule has 0 radical (unpaired) electrons. The smallest absolute Gasteiger partial charge is 0.262 e. The summed E-state index contributed by atoms with van der Waals surface area (Å²) in [5, 5.41) is 11.8. The van der Waals surface area contributed by atoms with Crippen molar-refractivity contribution in [2.45, 2.75) is 13.5 Å². The number of amides is 3. The molecule has 7 nitrogen and oxygen atoms in total. The van der Waals surface area contributed by atoms with Gasteiger partial charge in [0.2, 0.25) is 5.91 Å². The summed E-state index contributed by atoms with van der Waals surface area (Å²) >= 11 is 1.38. The summed E-state index contributed by atoms with van der Waals surface area (Å²) < 4.78 is 0. The van der Waals surface area contributed by atoms with Crippen molar-refractivity contribution in [3.05, 3.63) is 45.4 Å². The Morgan fingerprint density at radius 2 is 1.82 bits per heavy atom. The standard InChI is InChI=1S/C14H12N4O3S/c1-8-16-17-12(22-8)6-15-11(19)7-18-13(20)9-4-2-3-5-10(9)14(18)21/h2-5H,6-7H2,1H3,(H,15,19). The van der Waals surface area contributed by atoms with Crippen LogP contribution in [0.5, 0.6) is 0 Å². The average molecular weight is 316 g/mol. The van der Waals surface area contributed by atoms with Crippen molar-refractivity contribution in [3.8, 4) is 0 Å². The lowest BCUT2D eigenvalue weighted by Crippen LogP contribution is -2.40. The van der Waals surface area contributed by atoms with Gasteiger partial charge in [0.15, 0.2) is 0 Å². The molecule has 0 saturated carbocycles. The highest BCUT2D eigenvalue weighted by molar-refractivity contribution is 7.11. The summed E-state index contributed by atoms with van der Waals surface area (Å²) in [5.74, 6) is -1.30. The molecule has 112 valence electrons. The number of hydrogen-bond acceptors (Lipinski definition) is 6. The van der Waals surface area contributed by atoms with Crippen molar-refractivity contribution >= 4 is 29.1 Å². The minimum absolute atomic E-state index is 0.230. The summed E-state index contributed by atoms with van der Waals surface area (Å²) in [6.45, 7) is 1.75. The summed E-state index contributed by atoms with van der Waals surface area (Å²) in [6, 6.07) is 6.53. The Hall–Kier alpha value is -2.61. The first kappa shape index (κ1) is 14.3. The molecule has 0 bridgehead atoms. The Morgan fingerprint density at radius 1 is 1.18 bits per heavy atom. The highest BCUT2D eigenvalue weighted by atomic mass is 32.1. The van der Waals surface area contributed by atoms with Crippen LogP contribution < -0.4 is 5.32 Å². The van der Waals surface area contributed by atoms with Crippen molar-refractivity contribution < 1.29 is 14.4 Å². The fraction of sp³-hybridized carbons (Fsp3) is 0.214. The molecular formula is C14H12N4O3S. The van der Waals surface area contributed by atoms with Crippen LogP contribution in [0.4, 0.5) is 0 Å². The zero-order chi connectivity index (χ0) is 15.7. The number of aryl methyl sites for hydroxylation is 1. The molecule has 2 aromatic rings. The van der Waals surface area contributed by atoms with E-state index in [4.69, 9.17) is 0 Å². The Balaban J connectivity index is 1.63. The third-order valence-corrected chi connectivity index (χ3v) is 4.02. The molecule has 1 aromatic heterocycles. The lowest BCUT2D eigenvalue weighted by Gasteiger charge is -2.12. The zero-order valence-corrected chi connectivity index (χ0v) is 12.5. The number of nitrogens with zero attached hydrogens (tertiary/aromatic N) is 3. The van der Waals surface area contributed by atoms with Crippen molar-refractivity contribution in [1.29, 1.82) is 0 Å². The van der Waals surface area contributed by atoms with Gasteiger partial charge in [-0.25, -0.2) is 0 Å². The van der Waals surface area contributed by atoms with Crippen LogP contribution in [0.15, 0.2) is 24.3 Å². The molecule has 3 amide bonds. The van der Waals surface area contributed by atoms with Crippen LogP contribution >= 0.6 is 11.3 Å². The molecule has 0 atom stereocenters. The van der Waals surface area contributed by atoms with E-state index in [1.165, 1.54) is 11.3 Å². The van der Waals surface area contributed by atoms with Gasteiger partial charge < -0.3 is 5.32 Å². The molecule has 0 spiro atoms. The van der Waals surface area contributed by atoms with E-state index in [9.17, 15) is 14.4 Å². The number of rotatable bonds is 4. The summed E-state index contributed by atoms with van der Waals surface area (Å²) in [4.78, 5) is 37.1. The molecular weight excluding hydrogens is 304 g/mol. The van der Waals surface area contributed by atoms with E-state index >= 15 is 0 Å². The zero-order valence-electron chi connectivity index (χ0n) is 11.7. The molecule has 8 heteroatoms. The second-order valence-electron chi connectivity index (χ2n) is 4.73. The summed E-state index contributed by atoms with van der Waals surface area (Å²) in [7, 11) is 0. The van der Waals surface area contributed by atoms with Gasteiger partial charge in [-0.15, -0.1) is 10.2 Å². The number of aromatic nitrogens is 2. The lowest BCUT2D eigenvalue weighted by molar-refractivity contribution is -0.121. The van der Waals surface area contributed by atoms with Crippen LogP contribution in [-0.4, -0.2) is 39.4 Å².